The molecule has 0 unspecified atom stereocenters. The Labute approximate surface area is 128 Å². The molecule has 0 saturated carbocycles. The topological polar surface area (TPSA) is 36.6 Å². The Kier molecular flexibility index (Phi) is 3.62. The van der Waals surface area contributed by atoms with E-state index in [2.05, 4.69) is 0 Å². The molecule has 0 aliphatic rings. The Morgan fingerprint density at radius 3 is 2.48 bits per heavy atom. The minimum absolute atomic E-state index is 0.235. The van der Waals surface area contributed by atoms with Gasteiger partial charge in [-0.1, -0.05) is 41.9 Å². The van der Waals surface area contributed by atoms with E-state index in [1.54, 1.807) is 12.1 Å². The molecule has 0 atom stereocenters. The molecule has 108 valence electrons. The fraction of sp³-hybridized carbons (Fsp3) is 0.176. The SMILES string of the molecule is CN(C)Cc1c(O)ccc2oc(-c3ccccc3)c(Cl)c12. The molecule has 4 heteroatoms. The fourth-order valence-electron chi connectivity index (χ4n) is 2.46. The van der Waals surface area contributed by atoms with E-state index in [0.717, 1.165) is 16.5 Å². The Balaban J connectivity index is 2.25. The zero-order valence-electron chi connectivity index (χ0n) is 11.9. The molecule has 0 fully saturated rings. The third-order valence-corrected chi connectivity index (χ3v) is 3.75. The van der Waals surface area contributed by atoms with Gasteiger partial charge in [0.1, 0.15) is 11.3 Å². The lowest BCUT2D eigenvalue weighted by Crippen LogP contribution is -2.11. The third kappa shape index (κ3) is 2.50. The molecule has 2 aromatic carbocycles. The molecule has 3 nitrogen and oxygen atoms in total. The fourth-order valence-corrected chi connectivity index (χ4v) is 2.82. The Bertz CT molecular complexity index is 778. The van der Waals surface area contributed by atoms with Crippen LogP contribution in [0.15, 0.2) is 46.9 Å². The van der Waals surface area contributed by atoms with Crippen molar-refractivity contribution in [3.8, 4) is 17.1 Å². The van der Waals surface area contributed by atoms with Crippen LogP contribution in [0.4, 0.5) is 0 Å². The van der Waals surface area contributed by atoms with Crippen molar-refractivity contribution in [3.63, 3.8) is 0 Å². The Morgan fingerprint density at radius 2 is 1.81 bits per heavy atom. The van der Waals surface area contributed by atoms with Gasteiger partial charge in [0.25, 0.3) is 0 Å². The second-order valence-corrected chi connectivity index (χ2v) is 5.66. The van der Waals surface area contributed by atoms with Gasteiger partial charge in [-0.05, 0) is 26.2 Å². The highest BCUT2D eigenvalue weighted by Gasteiger charge is 2.19. The molecule has 0 aliphatic heterocycles. The quantitative estimate of drug-likeness (QED) is 0.772. The summed E-state index contributed by atoms with van der Waals surface area (Å²) in [4.78, 5) is 1.99. The van der Waals surface area contributed by atoms with Crippen LogP contribution >= 0.6 is 11.6 Å². The number of halogens is 1. The summed E-state index contributed by atoms with van der Waals surface area (Å²) in [5, 5.41) is 11.5. The first kappa shape index (κ1) is 14.0. The monoisotopic (exact) mass is 301 g/mol. The summed E-state index contributed by atoms with van der Waals surface area (Å²) in [7, 11) is 3.90. The van der Waals surface area contributed by atoms with Crippen molar-refractivity contribution in [2.45, 2.75) is 6.54 Å². The maximum absolute atomic E-state index is 10.1. The molecule has 1 N–H and O–H groups in total. The first-order chi connectivity index (χ1) is 10.1. The average molecular weight is 302 g/mol. The number of furan rings is 1. The molecular weight excluding hydrogens is 286 g/mol. The summed E-state index contributed by atoms with van der Waals surface area (Å²) < 4.78 is 5.90. The van der Waals surface area contributed by atoms with E-state index in [1.165, 1.54) is 0 Å². The van der Waals surface area contributed by atoms with Crippen molar-refractivity contribution >= 4 is 22.6 Å². The van der Waals surface area contributed by atoms with Gasteiger partial charge in [0.15, 0.2) is 5.76 Å². The molecule has 1 heterocycles. The number of hydrogen-bond acceptors (Lipinski definition) is 3. The number of rotatable bonds is 3. The zero-order chi connectivity index (χ0) is 15.0. The molecule has 0 spiro atoms. The molecule has 1 aromatic heterocycles. The highest BCUT2D eigenvalue weighted by molar-refractivity contribution is 6.38. The van der Waals surface area contributed by atoms with Gasteiger partial charge in [0, 0.05) is 23.1 Å². The van der Waals surface area contributed by atoms with E-state index in [9.17, 15) is 5.11 Å². The van der Waals surface area contributed by atoms with Crippen molar-refractivity contribution in [1.82, 2.24) is 4.90 Å². The number of hydrogen-bond donors (Lipinski definition) is 1. The summed E-state index contributed by atoms with van der Waals surface area (Å²) in [6.45, 7) is 0.594. The van der Waals surface area contributed by atoms with Gasteiger partial charge in [0.2, 0.25) is 0 Å². The summed E-state index contributed by atoms with van der Waals surface area (Å²) >= 11 is 6.53. The number of nitrogens with zero attached hydrogens (tertiary/aromatic N) is 1. The van der Waals surface area contributed by atoms with Gasteiger partial charge in [-0.15, -0.1) is 0 Å². The van der Waals surface area contributed by atoms with Gasteiger partial charge in [-0.3, -0.25) is 0 Å². The first-order valence-corrected chi connectivity index (χ1v) is 7.08. The molecule has 3 aromatic rings. The smallest absolute Gasteiger partial charge is 0.154 e. The van der Waals surface area contributed by atoms with Crippen molar-refractivity contribution < 1.29 is 9.52 Å². The molecule has 3 rings (SSSR count). The van der Waals surface area contributed by atoms with Crippen LogP contribution in [-0.2, 0) is 6.54 Å². The number of phenols is 1. The van der Waals surface area contributed by atoms with Gasteiger partial charge < -0.3 is 14.4 Å². The second-order valence-electron chi connectivity index (χ2n) is 5.29. The Hall–Kier alpha value is -1.97. The number of benzene rings is 2. The van der Waals surface area contributed by atoms with E-state index in [4.69, 9.17) is 16.0 Å². The summed E-state index contributed by atoms with van der Waals surface area (Å²) in [5.74, 6) is 0.872. The third-order valence-electron chi connectivity index (χ3n) is 3.39. The summed E-state index contributed by atoms with van der Waals surface area (Å²) in [5.41, 5.74) is 2.40. The predicted molar refractivity (Wildman–Crippen MR) is 85.7 cm³/mol. The van der Waals surface area contributed by atoms with Crippen LogP contribution in [-0.4, -0.2) is 24.1 Å². The van der Waals surface area contributed by atoms with Crippen LogP contribution in [0.1, 0.15) is 5.56 Å². The van der Waals surface area contributed by atoms with E-state index in [1.807, 2.05) is 49.3 Å². The van der Waals surface area contributed by atoms with Gasteiger partial charge in [0.05, 0.1) is 5.02 Å². The number of fused-ring (bicyclic) bond motifs is 1. The van der Waals surface area contributed by atoms with Crippen LogP contribution in [0.5, 0.6) is 5.75 Å². The molecule has 0 amide bonds. The second kappa shape index (κ2) is 5.43. The van der Waals surface area contributed by atoms with Crippen molar-refractivity contribution in [1.29, 1.82) is 0 Å². The van der Waals surface area contributed by atoms with Crippen LogP contribution in [0.2, 0.25) is 5.02 Å². The summed E-state index contributed by atoms with van der Waals surface area (Å²) in [6, 6.07) is 13.1. The summed E-state index contributed by atoms with van der Waals surface area (Å²) in [6.07, 6.45) is 0. The van der Waals surface area contributed by atoms with Crippen LogP contribution in [0, 0.1) is 0 Å². The van der Waals surface area contributed by atoms with Crippen LogP contribution in [0.25, 0.3) is 22.3 Å². The standard InChI is InChI=1S/C17H16ClNO2/c1-19(2)10-12-13(20)8-9-14-15(12)16(18)17(21-14)11-6-4-3-5-7-11/h3-9,20H,10H2,1-2H3. The normalized spacial score (nSPS) is 11.4. The van der Waals surface area contributed by atoms with Crippen molar-refractivity contribution in [2.75, 3.05) is 14.1 Å². The number of aromatic hydroxyl groups is 1. The maximum Gasteiger partial charge on any atom is 0.154 e. The molecule has 21 heavy (non-hydrogen) atoms. The van der Waals surface area contributed by atoms with Crippen LogP contribution < -0.4 is 0 Å². The number of phenolic OH excluding ortho intramolecular Hbond substituents is 1. The van der Waals surface area contributed by atoms with Gasteiger partial charge >= 0.3 is 0 Å². The lowest BCUT2D eigenvalue weighted by molar-refractivity contribution is 0.388. The average Bonchev–Trinajstić information content (AvgIpc) is 2.80. The molecule has 0 bridgehead atoms. The van der Waals surface area contributed by atoms with Gasteiger partial charge in [-0.2, -0.15) is 0 Å². The van der Waals surface area contributed by atoms with E-state index < -0.39 is 0 Å². The lowest BCUT2D eigenvalue weighted by Gasteiger charge is -2.12. The van der Waals surface area contributed by atoms with E-state index in [-0.39, 0.29) is 5.75 Å². The predicted octanol–water partition coefficient (Wildman–Crippen LogP) is 4.52. The molecule has 0 saturated heterocycles. The van der Waals surface area contributed by atoms with Gasteiger partial charge in [-0.25, -0.2) is 0 Å². The van der Waals surface area contributed by atoms with E-state index >= 15 is 0 Å². The minimum Gasteiger partial charge on any atom is -0.508 e. The molecule has 0 radical (unpaired) electrons. The highest BCUT2D eigenvalue weighted by atomic mass is 35.5. The molecular formula is C17H16ClNO2. The molecule has 0 aliphatic carbocycles. The maximum atomic E-state index is 10.1. The largest absolute Gasteiger partial charge is 0.508 e. The minimum atomic E-state index is 0.235. The highest BCUT2D eigenvalue weighted by Crippen LogP contribution is 2.41. The van der Waals surface area contributed by atoms with E-state index in [0.29, 0.717) is 22.9 Å². The lowest BCUT2D eigenvalue weighted by atomic mass is 10.1. The van der Waals surface area contributed by atoms with Crippen molar-refractivity contribution in [3.05, 3.63) is 53.1 Å². The Morgan fingerprint density at radius 1 is 1.10 bits per heavy atom. The van der Waals surface area contributed by atoms with Crippen molar-refractivity contribution in [2.24, 2.45) is 0 Å². The zero-order valence-corrected chi connectivity index (χ0v) is 12.7. The first-order valence-electron chi connectivity index (χ1n) is 6.71. The van der Waals surface area contributed by atoms with Crippen LogP contribution in [0.3, 0.4) is 0 Å².